The van der Waals surface area contributed by atoms with Crippen LogP contribution in [-0.4, -0.2) is 0 Å². The molecule has 2 aliphatic carbocycles. The van der Waals surface area contributed by atoms with Gasteiger partial charge in [0.15, 0.2) is 0 Å². The summed E-state index contributed by atoms with van der Waals surface area (Å²) in [4.78, 5) is 0. The van der Waals surface area contributed by atoms with Crippen molar-refractivity contribution in [3.8, 4) is 22.3 Å². The van der Waals surface area contributed by atoms with Crippen molar-refractivity contribution >= 4 is 21.5 Å². The molecule has 65 heavy (non-hydrogen) atoms. The van der Waals surface area contributed by atoms with Crippen molar-refractivity contribution in [3.05, 3.63) is 129 Å². The van der Waals surface area contributed by atoms with Crippen molar-refractivity contribution in [2.45, 2.75) is 207 Å². The van der Waals surface area contributed by atoms with Crippen LogP contribution >= 0.6 is 0 Å². The normalized spacial score (nSPS) is 17.4. The van der Waals surface area contributed by atoms with Crippen molar-refractivity contribution in [3.63, 3.8) is 0 Å². The molecule has 0 unspecified atom stereocenters. The van der Waals surface area contributed by atoms with Gasteiger partial charge in [0, 0.05) is 0 Å². The third-order valence-corrected chi connectivity index (χ3v) is 15.4. The molecule has 0 radical (unpaired) electrons. The van der Waals surface area contributed by atoms with Gasteiger partial charge in [-0.3, -0.25) is 0 Å². The Labute approximate surface area is 428 Å². The summed E-state index contributed by atoms with van der Waals surface area (Å²) in [6, 6.07) is 34.1. The predicted molar refractivity (Wildman–Crippen MR) is 275 cm³/mol. The molecule has 0 fully saturated rings. The summed E-state index contributed by atoms with van der Waals surface area (Å²) in [7, 11) is 0. The van der Waals surface area contributed by atoms with Gasteiger partial charge in [-0.05, 0) is 91.3 Å². The van der Waals surface area contributed by atoms with Crippen LogP contribution in [0.4, 0.5) is 0 Å². The predicted octanol–water partition coefficient (Wildman–Crippen LogP) is 12.3. The Balaban J connectivity index is 0.000000272. The molecule has 0 atom stereocenters. The van der Waals surface area contributed by atoms with Crippen molar-refractivity contribution in [2.24, 2.45) is 0 Å². The molecule has 0 N–H and O–H groups in total. The molecule has 0 bridgehead atoms. The van der Waals surface area contributed by atoms with Crippen LogP contribution in [0.2, 0.25) is 0 Å². The number of rotatable bonds is 2. The van der Waals surface area contributed by atoms with E-state index in [2.05, 4.69) is 223 Å². The van der Waals surface area contributed by atoms with Gasteiger partial charge >= 0.3 is 26.2 Å². The summed E-state index contributed by atoms with van der Waals surface area (Å²) in [6.45, 7) is 47.1. The van der Waals surface area contributed by atoms with Crippen LogP contribution in [0.5, 0.6) is 0 Å². The third-order valence-electron chi connectivity index (χ3n) is 15.4. The van der Waals surface area contributed by atoms with E-state index in [0.29, 0.717) is 0 Å². The minimum atomic E-state index is 0. The zero-order valence-electron chi connectivity index (χ0n) is 44.2. The van der Waals surface area contributed by atoms with Crippen LogP contribution in [-0.2, 0) is 69.5 Å². The number of fused-ring (bicyclic) bond motifs is 4. The van der Waals surface area contributed by atoms with E-state index in [1.807, 2.05) is 0 Å². The summed E-state index contributed by atoms with van der Waals surface area (Å²) >= 11 is 0. The third kappa shape index (κ3) is 11.2. The zero-order valence-corrected chi connectivity index (χ0v) is 48.1. The van der Waals surface area contributed by atoms with Crippen molar-refractivity contribution in [1.82, 2.24) is 0 Å². The fraction of sp³-hybridized carbons (Fsp3) is 0.516. The molecule has 0 saturated heterocycles. The summed E-state index contributed by atoms with van der Waals surface area (Å²) in [5.74, 6) is 0. The van der Waals surface area contributed by atoms with E-state index in [4.69, 9.17) is 0 Å². The van der Waals surface area contributed by atoms with Crippen LogP contribution in [0, 0.1) is 0 Å². The molecule has 0 spiro atoms. The Kier molecular flexibility index (Phi) is 15.4. The van der Waals surface area contributed by atoms with E-state index in [0.717, 1.165) is 0 Å². The number of hydrogen-bond acceptors (Lipinski definition) is 0. The topological polar surface area (TPSA) is 0 Å². The Hall–Kier alpha value is -2.44. The Bertz CT molecular complexity index is 2300. The van der Waals surface area contributed by atoms with Gasteiger partial charge in [0.2, 0.25) is 0 Å². The van der Waals surface area contributed by atoms with Crippen molar-refractivity contribution in [1.29, 1.82) is 0 Å². The van der Waals surface area contributed by atoms with Crippen LogP contribution in [0.25, 0.3) is 43.8 Å². The second kappa shape index (κ2) is 18.1. The summed E-state index contributed by atoms with van der Waals surface area (Å²) in [5.41, 5.74) is 18.8. The number of benzene rings is 4. The van der Waals surface area contributed by atoms with Gasteiger partial charge in [-0.2, -0.15) is 0 Å². The fourth-order valence-electron chi connectivity index (χ4n) is 10.2. The Morgan fingerprint density at radius 2 is 0.569 bits per heavy atom. The first-order valence-electron chi connectivity index (χ1n) is 24.0. The average molecular weight is 989 g/mol. The maximum Gasteiger partial charge on any atom is 4.00 e. The fourth-order valence-corrected chi connectivity index (χ4v) is 10.2. The molecule has 0 aromatic heterocycles. The minimum absolute atomic E-state index is 0. The summed E-state index contributed by atoms with van der Waals surface area (Å²) < 4.78 is 0. The minimum Gasteiger partial charge on any atom is -1.00 e. The number of hydrogen-bond donors (Lipinski definition) is 0. The molecule has 0 nitrogen and oxygen atoms in total. The molecular formula is C62H82Cl2Zr. The van der Waals surface area contributed by atoms with E-state index in [1.54, 1.807) is 22.3 Å². The molecule has 0 heterocycles. The Morgan fingerprint density at radius 1 is 0.338 bits per heavy atom. The van der Waals surface area contributed by atoms with E-state index in [1.165, 1.54) is 91.7 Å². The van der Waals surface area contributed by atoms with Crippen LogP contribution in [0.3, 0.4) is 0 Å². The maximum absolute atomic E-state index is 2.49. The van der Waals surface area contributed by atoms with Crippen molar-refractivity contribution in [2.75, 3.05) is 0 Å². The maximum atomic E-state index is 2.49. The van der Waals surface area contributed by atoms with E-state index < -0.39 is 0 Å². The molecule has 0 aliphatic heterocycles. The molecule has 0 amide bonds. The van der Waals surface area contributed by atoms with Gasteiger partial charge in [-0.15, -0.1) is 69.1 Å². The largest absolute Gasteiger partial charge is 4.00 e. The van der Waals surface area contributed by atoms with Crippen LogP contribution in [0.15, 0.2) is 84.9 Å². The smallest absolute Gasteiger partial charge is 1.00 e. The first-order valence-corrected chi connectivity index (χ1v) is 24.0. The van der Waals surface area contributed by atoms with Gasteiger partial charge in [-0.1, -0.05) is 220 Å². The SMILES string of the molecule is CC(C)(C)c1cc(-c2cc3cc4c(cc3[cH-]2)C(C)(C)CCC4(C)C)cc(C(C)(C)C)c1.CC(C)(C)c1cc(-c2cc3cc4c(cc3[cH-]2)C(C)(C)CCC4(C)C)cc(C(C)(C)C)c1.[Cl-].[Cl-].[Zr+4]. The van der Waals surface area contributed by atoms with Gasteiger partial charge in [-0.25, -0.2) is 0 Å². The average Bonchev–Trinajstić information content (AvgIpc) is 3.77. The molecular weight excluding hydrogens is 907 g/mol. The second-order valence-corrected chi connectivity index (χ2v) is 26.7. The summed E-state index contributed by atoms with van der Waals surface area (Å²) in [5, 5.41) is 5.55. The van der Waals surface area contributed by atoms with Gasteiger partial charge < -0.3 is 24.8 Å². The summed E-state index contributed by atoms with van der Waals surface area (Å²) in [6.07, 6.45) is 5.03. The molecule has 2 aliphatic rings. The first-order chi connectivity index (χ1) is 28.2. The van der Waals surface area contributed by atoms with E-state index in [-0.39, 0.29) is 94.3 Å². The molecule has 3 heteroatoms. The quantitative estimate of drug-likeness (QED) is 0.152. The molecule has 6 aromatic rings. The van der Waals surface area contributed by atoms with Crippen LogP contribution < -0.4 is 24.8 Å². The standard InChI is InChI=1S/2C31H41.2ClH.Zr/c2*1-28(2,3)24-15-23(16-25(19-24)29(4,5)6)20-13-21-17-26-27(18-22(21)14-20)31(9,10)12-11-30(26,7)8;;;/h2*13-19H,11-12H2,1-10H3;2*1H;/q2*-1;;;+4/p-2. The van der Waals surface area contributed by atoms with E-state index in [9.17, 15) is 0 Å². The van der Waals surface area contributed by atoms with Gasteiger partial charge in [0.05, 0.1) is 0 Å². The Morgan fingerprint density at radius 3 is 0.800 bits per heavy atom. The van der Waals surface area contributed by atoms with Crippen molar-refractivity contribution < 1.29 is 51.0 Å². The monoisotopic (exact) mass is 986 g/mol. The first kappa shape index (κ1) is 55.2. The van der Waals surface area contributed by atoms with Crippen LogP contribution in [0.1, 0.15) is 209 Å². The van der Waals surface area contributed by atoms with Gasteiger partial charge in [0.1, 0.15) is 0 Å². The molecule has 6 aromatic carbocycles. The van der Waals surface area contributed by atoms with Gasteiger partial charge in [0.25, 0.3) is 0 Å². The zero-order chi connectivity index (χ0) is 46.0. The molecule has 0 saturated carbocycles. The van der Waals surface area contributed by atoms with E-state index >= 15 is 0 Å². The second-order valence-electron chi connectivity index (χ2n) is 26.7. The number of halogens is 2. The molecule has 8 rings (SSSR count). The molecule has 348 valence electrons.